The second kappa shape index (κ2) is 3.19. The second-order valence-electron chi connectivity index (χ2n) is 2.90. The van der Waals surface area contributed by atoms with Crippen molar-refractivity contribution in [1.82, 2.24) is 14.6 Å². The Morgan fingerprint density at radius 2 is 2.20 bits per heavy atom. The molecular weight excluding hydrogens is 252 g/mol. The van der Waals surface area contributed by atoms with Gasteiger partial charge >= 0.3 is 0 Å². The Hall–Kier alpha value is -1.11. The number of nitrogens with two attached hydrogens (primary N) is 1. The summed E-state index contributed by atoms with van der Waals surface area (Å²) in [5.41, 5.74) is 6.73. The first kappa shape index (κ1) is 9.14. The second-order valence-corrected chi connectivity index (χ2v) is 5.45. The Balaban J connectivity index is 2.30. The van der Waals surface area contributed by atoms with E-state index in [2.05, 4.69) is 10.2 Å². The zero-order valence-corrected chi connectivity index (χ0v) is 9.73. The lowest BCUT2D eigenvalue weighted by molar-refractivity contribution is 1.12. The van der Waals surface area contributed by atoms with Crippen molar-refractivity contribution in [3.05, 3.63) is 21.8 Å². The summed E-state index contributed by atoms with van der Waals surface area (Å²) in [6.07, 6.45) is 0. The van der Waals surface area contributed by atoms with E-state index in [-0.39, 0.29) is 0 Å². The van der Waals surface area contributed by atoms with Gasteiger partial charge in [-0.25, -0.2) is 0 Å². The summed E-state index contributed by atoms with van der Waals surface area (Å²) in [7, 11) is 0. The molecule has 0 saturated carbocycles. The van der Waals surface area contributed by atoms with Crippen LogP contribution in [0.5, 0.6) is 0 Å². The minimum absolute atomic E-state index is 0.408. The molecule has 0 bridgehead atoms. The standard InChI is InChI=1S/C8H5ClN4S2/c9-6-2-1-5(15-6)4-3-14-8-12-11-7(10)13(4)8/h1-3H,(H2,10,11). The largest absolute Gasteiger partial charge is 0.368 e. The van der Waals surface area contributed by atoms with Crippen LogP contribution in [0.1, 0.15) is 0 Å². The number of hydrogen-bond acceptors (Lipinski definition) is 5. The fraction of sp³-hybridized carbons (Fsp3) is 0. The number of thiazole rings is 1. The predicted octanol–water partition coefficient (Wildman–Crippen LogP) is 2.75. The number of thiophene rings is 1. The SMILES string of the molecule is Nc1nnc2scc(-c3ccc(Cl)s3)n12. The van der Waals surface area contributed by atoms with Gasteiger partial charge in [-0.15, -0.1) is 32.9 Å². The smallest absolute Gasteiger partial charge is 0.227 e. The Morgan fingerprint density at radius 1 is 1.33 bits per heavy atom. The van der Waals surface area contributed by atoms with Crippen LogP contribution in [-0.2, 0) is 0 Å². The molecule has 15 heavy (non-hydrogen) atoms. The summed E-state index contributed by atoms with van der Waals surface area (Å²) < 4.78 is 2.59. The molecule has 2 N–H and O–H groups in total. The van der Waals surface area contributed by atoms with Crippen molar-refractivity contribution in [1.29, 1.82) is 0 Å². The van der Waals surface area contributed by atoms with Gasteiger partial charge in [0.2, 0.25) is 10.9 Å². The highest BCUT2D eigenvalue weighted by molar-refractivity contribution is 7.20. The van der Waals surface area contributed by atoms with Crippen molar-refractivity contribution in [2.75, 3.05) is 5.73 Å². The van der Waals surface area contributed by atoms with E-state index < -0.39 is 0 Å². The van der Waals surface area contributed by atoms with Gasteiger partial charge in [0.25, 0.3) is 0 Å². The van der Waals surface area contributed by atoms with Gasteiger partial charge in [-0.05, 0) is 12.1 Å². The lowest BCUT2D eigenvalue weighted by Gasteiger charge is -1.94. The molecule has 3 heterocycles. The number of anilines is 1. The summed E-state index contributed by atoms with van der Waals surface area (Å²) >= 11 is 8.92. The number of halogens is 1. The first-order chi connectivity index (χ1) is 7.25. The fourth-order valence-electron chi connectivity index (χ4n) is 1.37. The van der Waals surface area contributed by atoms with Crippen molar-refractivity contribution in [3.8, 4) is 10.6 Å². The van der Waals surface area contributed by atoms with Crippen LogP contribution in [-0.4, -0.2) is 14.6 Å². The van der Waals surface area contributed by atoms with E-state index in [0.717, 1.165) is 19.9 Å². The zero-order chi connectivity index (χ0) is 10.4. The molecule has 0 amide bonds. The maximum Gasteiger partial charge on any atom is 0.227 e. The number of nitrogens with zero attached hydrogens (tertiary/aromatic N) is 3. The molecular formula is C8H5ClN4S2. The van der Waals surface area contributed by atoms with Gasteiger partial charge in [-0.2, -0.15) is 0 Å². The molecule has 0 fully saturated rings. The van der Waals surface area contributed by atoms with Crippen LogP contribution >= 0.6 is 34.3 Å². The molecule has 0 unspecified atom stereocenters. The van der Waals surface area contributed by atoms with Gasteiger partial charge in [0.1, 0.15) is 0 Å². The van der Waals surface area contributed by atoms with Crippen molar-refractivity contribution in [3.63, 3.8) is 0 Å². The van der Waals surface area contributed by atoms with Crippen molar-refractivity contribution < 1.29 is 0 Å². The third-order valence-electron chi connectivity index (χ3n) is 2.00. The molecule has 7 heteroatoms. The van der Waals surface area contributed by atoms with E-state index in [1.807, 2.05) is 21.9 Å². The summed E-state index contributed by atoms with van der Waals surface area (Å²) in [5.74, 6) is 0.408. The highest BCUT2D eigenvalue weighted by Crippen LogP contribution is 2.34. The average molecular weight is 257 g/mol. The highest BCUT2D eigenvalue weighted by Gasteiger charge is 2.12. The van der Waals surface area contributed by atoms with Crippen LogP contribution in [0.3, 0.4) is 0 Å². The zero-order valence-electron chi connectivity index (χ0n) is 7.35. The molecule has 0 aliphatic heterocycles. The molecule has 0 spiro atoms. The quantitative estimate of drug-likeness (QED) is 0.728. The Kier molecular flexibility index (Phi) is 1.95. The van der Waals surface area contributed by atoms with Crippen LogP contribution in [0.4, 0.5) is 5.95 Å². The highest BCUT2D eigenvalue weighted by atomic mass is 35.5. The Bertz CT molecular complexity index is 623. The molecule has 3 aromatic heterocycles. The molecule has 3 rings (SSSR count). The third-order valence-corrected chi connectivity index (χ3v) is 4.07. The minimum Gasteiger partial charge on any atom is -0.368 e. The lowest BCUT2D eigenvalue weighted by Crippen LogP contribution is -1.93. The first-order valence-corrected chi connectivity index (χ1v) is 6.17. The molecule has 0 atom stereocenters. The summed E-state index contributed by atoms with van der Waals surface area (Å²) in [5, 5.41) is 9.77. The first-order valence-electron chi connectivity index (χ1n) is 4.09. The van der Waals surface area contributed by atoms with Crippen molar-refractivity contribution >= 4 is 45.2 Å². The van der Waals surface area contributed by atoms with Crippen LogP contribution in [0.25, 0.3) is 15.5 Å². The van der Waals surface area contributed by atoms with Gasteiger partial charge < -0.3 is 5.73 Å². The molecule has 0 saturated heterocycles. The van der Waals surface area contributed by atoms with Crippen LogP contribution in [0.2, 0.25) is 4.34 Å². The number of aromatic nitrogens is 3. The monoisotopic (exact) mass is 256 g/mol. The lowest BCUT2D eigenvalue weighted by atomic mass is 10.4. The van der Waals surface area contributed by atoms with E-state index in [0.29, 0.717) is 5.95 Å². The molecule has 0 aliphatic rings. The third kappa shape index (κ3) is 1.33. The molecule has 4 nitrogen and oxygen atoms in total. The van der Waals surface area contributed by atoms with Gasteiger partial charge in [0, 0.05) is 5.38 Å². The maximum absolute atomic E-state index is 5.89. The Morgan fingerprint density at radius 3 is 2.93 bits per heavy atom. The fourth-order valence-corrected chi connectivity index (χ4v) is 3.32. The van der Waals surface area contributed by atoms with E-state index in [1.54, 1.807) is 0 Å². The summed E-state index contributed by atoms with van der Waals surface area (Å²) in [6, 6.07) is 3.83. The number of fused-ring (bicyclic) bond motifs is 1. The van der Waals surface area contributed by atoms with E-state index in [9.17, 15) is 0 Å². The number of rotatable bonds is 1. The van der Waals surface area contributed by atoms with Gasteiger partial charge in [0.15, 0.2) is 0 Å². The molecule has 0 radical (unpaired) electrons. The van der Waals surface area contributed by atoms with Gasteiger partial charge in [-0.3, -0.25) is 4.40 Å². The molecule has 0 aromatic carbocycles. The van der Waals surface area contributed by atoms with Gasteiger partial charge in [-0.1, -0.05) is 11.6 Å². The normalized spacial score (nSPS) is 11.3. The number of nitrogen functional groups attached to an aromatic ring is 1. The molecule has 0 aliphatic carbocycles. The van der Waals surface area contributed by atoms with Gasteiger partial charge in [0.05, 0.1) is 14.9 Å². The molecule has 3 aromatic rings. The van der Waals surface area contributed by atoms with Crippen LogP contribution in [0.15, 0.2) is 17.5 Å². The van der Waals surface area contributed by atoms with E-state index >= 15 is 0 Å². The average Bonchev–Trinajstić information content (AvgIpc) is 2.84. The maximum atomic E-state index is 5.89. The summed E-state index contributed by atoms with van der Waals surface area (Å²) in [4.78, 5) is 1.87. The van der Waals surface area contributed by atoms with Crippen molar-refractivity contribution in [2.24, 2.45) is 0 Å². The Labute approximate surface area is 97.9 Å². The van der Waals surface area contributed by atoms with Crippen molar-refractivity contribution in [2.45, 2.75) is 0 Å². The predicted molar refractivity (Wildman–Crippen MR) is 63.6 cm³/mol. The van der Waals surface area contributed by atoms with Crippen LogP contribution < -0.4 is 5.73 Å². The number of hydrogen-bond donors (Lipinski definition) is 1. The van der Waals surface area contributed by atoms with E-state index in [4.69, 9.17) is 17.3 Å². The minimum atomic E-state index is 0.408. The molecule has 76 valence electrons. The van der Waals surface area contributed by atoms with Crippen LogP contribution in [0, 0.1) is 0 Å². The van der Waals surface area contributed by atoms with E-state index in [1.165, 1.54) is 22.7 Å². The topological polar surface area (TPSA) is 56.2 Å². The summed E-state index contributed by atoms with van der Waals surface area (Å²) in [6.45, 7) is 0.